The number of halogens is 1. The molecule has 0 saturated carbocycles. The van der Waals surface area contributed by atoms with E-state index in [1.54, 1.807) is 30.5 Å². The van der Waals surface area contributed by atoms with Gasteiger partial charge in [0.15, 0.2) is 11.5 Å². The summed E-state index contributed by atoms with van der Waals surface area (Å²) in [7, 11) is 2.83. The molecule has 2 aromatic rings. The van der Waals surface area contributed by atoms with Crippen LogP contribution in [0.25, 0.3) is 0 Å². The van der Waals surface area contributed by atoms with Crippen molar-refractivity contribution in [2.75, 3.05) is 14.2 Å². The lowest BCUT2D eigenvalue weighted by Crippen LogP contribution is -2.03. The van der Waals surface area contributed by atoms with Crippen molar-refractivity contribution in [1.29, 1.82) is 0 Å². The van der Waals surface area contributed by atoms with Gasteiger partial charge < -0.3 is 14.2 Å². The largest absolute Gasteiger partial charge is 0.493 e. The van der Waals surface area contributed by atoms with Crippen LogP contribution >= 0.6 is 11.6 Å². The SMILES string of the molecule is COC(=O)c1ccc(OCc2ccc(Cl)nc2)c(OC)c1. The molecule has 0 aliphatic rings. The lowest BCUT2D eigenvalue weighted by molar-refractivity contribution is 0.0600. The predicted octanol–water partition coefficient (Wildman–Crippen LogP) is 3.11. The topological polar surface area (TPSA) is 57.7 Å². The smallest absolute Gasteiger partial charge is 0.337 e. The number of hydrogen-bond donors (Lipinski definition) is 0. The second kappa shape index (κ2) is 6.95. The number of methoxy groups -OCH3 is 2. The minimum absolute atomic E-state index is 0.318. The molecule has 1 aromatic carbocycles. The van der Waals surface area contributed by atoms with Crippen LogP contribution in [0.3, 0.4) is 0 Å². The zero-order valence-corrected chi connectivity index (χ0v) is 12.4. The van der Waals surface area contributed by atoms with Crippen LogP contribution in [-0.4, -0.2) is 25.2 Å². The molecule has 110 valence electrons. The molecule has 0 aliphatic heterocycles. The van der Waals surface area contributed by atoms with E-state index in [1.807, 2.05) is 6.07 Å². The van der Waals surface area contributed by atoms with Crippen molar-refractivity contribution in [3.63, 3.8) is 0 Å². The lowest BCUT2D eigenvalue weighted by atomic mass is 10.2. The van der Waals surface area contributed by atoms with Gasteiger partial charge in [-0.1, -0.05) is 17.7 Å². The molecule has 0 N–H and O–H groups in total. The molecule has 0 radical (unpaired) electrons. The molecule has 0 bridgehead atoms. The van der Waals surface area contributed by atoms with Crippen molar-refractivity contribution in [3.05, 3.63) is 52.8 Å². The number of hydrogen-bond acceptors (Lipinski definition) is 5. The van der Waals surface area contributed by atoms with Gasteiger partial charge in [0.1, 0.15) is 11.8 Å². The maximum atomic E-state index is 11.5. The number of pyridine rings is 1. The Labute approximate surface area is 127 Å². The van der Waals surface area contributed by atoms with Crippen molar-refractivity contribution in [2.24, 2.45) is 0 Å². The molecule has 6 heteroatoms. The Morgan fingerprint density at radius 2 is 2.00 bits per heavy atom. The highest BCUT2D eigenvalue weighted by atomic mass is 35.5. The first-order valence-corrected chi connectivity index (χ1v) is 6.51. The Bertz CT molecular complexity index is 628. The normalized spacial score (nSPS) is 10.0. The summed E-state index contributed by atoms with van der Waals surface area (Å²) in [5.74, 6) is 0.557. The fourth-order valence-electron chi connectivity index (χ4n) is 1.68. The highest BCUT2D eigenvalue weighted by Gasteiger charge is 2.11. The molecule has 21 heavy (non-hydrogen) atoms. The monoisotopic (exact) mass is 307 g/mol. The maximum absolute atomic E-state index is 11.5. The predicted molar refractivity (Wildman–Crippen MR) is 77.9 cm³/mol. The molecule has 0 atom stereocenters. The molecular weight excluding hydrogens is 294 g/mol. The summed E-state index contributed by atoms with van der Waals surface area (Å²) in [4.78, 5) is 15.4. The fraction of sp³-hybridized carbons (Fsp3) is 0.200. The summed E-state index contributed by atoms with van der Waals surface area (Å²) in [6.07, 6.45) is 1.64. The van der Waals surface area contributed by atoms with Gasteiger partial charge in [-0.15, -0.1) is 0 Å². The van der Waals surface area contributed by atoms with Crippen LogP contribution in [0, 0.1) is 0 Å². The molecule has 0 amide bonds. The third-order valence-electron chi connectivity index (χ3n) is 2.77. The number of carbonyl (C=O) groups is 1. The van der Waals surface area contributed by atoms with Crippen LogP contribution in [0.1, 0.15) is 15.9 Å². The third-order valence-corrected chi connectivity index (χ3v) is 2.99. The van der Waals surface area contributed by atoms with Gasteiger partial charge in [0.05, 0.1) is 19.8 Å². The van der Waals surface area contributed by atoms with Gasteiger partial charge in [-0.05, 0) is 24.3 Å². The lowest BCUT2D eigenvalue weighted by Gasteiger charge is -2.11. The molecule has 2 rings (SSSR count). The van der Waals surface area contributed by atoms with Crippen LogP contribution in [-0.2, 0) is 11.3 Å². The fourth-order valence-corrected chi connectivity index (χ4v) is 1.80. The van der Waals surface area contributed by atoms with Gasteiger partial charge in [0.2, 0.25) is 0 Å². The second-order valence-corrected chi connectivity index (χ2v) is 4.52. The minimum atomic E-state index is -0.429. The number of aromatic nitrogens is 1. The van der Waals surface area contributed by atoms with E-state index in [1.165, 1.54) is 14.2 Å². The van der Waals surface area contributed by atoms with Gasteiger partial charge in [0.25, 0.3) is 0 Å². The standard InChI is InChI=1S/C15H14ClNO4/c1-19-13-7-11(15(18)20-2)4-5-12(13)21-9-10-3-6-14(16)17-8-10/h3-8H,9H2,1-2H3. The molecule has 0 saturated heterocycles. The van der Waals surface area contributed by atoms with E-state index in [0.717, 1.165) is 5.56 Å². The van der Waals surface area contributed by atoms with Gasteiger partial charge in [-0.3, -0.25) is 0 Å². The summed E-state index contributed by atoms with van der Waals surface area (Å²) in [5, 5.41) is 0.429. The minimum Gasteiger partial charge on any atom is -0.493 e. The highest BCUT2D eigenvalue weighted by molar-refractivity contribution is 6.29. The Balaban J connectivity index is 2.12. The second-order valence-electron chi connectivity index (χ2n) is 4.14. The number of benzene rings is 1. The van der Waals surface area contributed by atoms with Crippen LogP contribution in [0.5, 0.6) is 11.5 Å². The van der Waals surface area contributed by atoms with Crippen LogP contribution in [0.4, 0.5) is 0 Å². The van der Waals surface area contributed by atoms with E-state index in [4.69, 9.17) is 21.1 Å². The summed E-state index contributed by atoms with van der Waals surface area (Å²) in [6, 6.07) is 8.36. The summed E-state index contributed by atoms with van der Waals surface area (Å²) >= 11 is 5.72. The van der Waals surface area contributed by atoms with Crippen molar-refractivity contribution in [3.8, 4) is 11.5 Å². The average Bonchev–Trinajstić information content (AvgIpc) is 2.53. The highest BCUT2D eigenvalue weighted by Crippen LogP contribution is 2.29. The maximum Gasteiger partial charge on any atom is 0.337 e. The Morgan fingerprint density at radius 3 is 2.62 bits per heavy atom. The zero-order chi connectivity index (χ0) is 15.2. The van der Waals surface area contributed by atoms with Crippen molar-refractivity contribution >= 4 is 17.6 Å². The van der Waals surface area contributed by atoms with Gasteiger partial charge in [-0.25, -0.2) is 9.78 Å². The average molecular weight is 308 g/mol. The summed E-state index contributed by atoms with van der Waals surface area (Å²) in [5.41, 5.74) is 1.27. The van der Waals surface area contributed by atoms with Gasteiger partial charge in [0, 0.05) is 11.8 Å². The zero-order valence-electron chi connectivity index (χ0n) is 11.6. The van der Waals surface area contributed by atoms with Crippen LogP contribution < -0.4 is 9.47 Å². The number of carbonyl (C=O) groups excluding carboxylic acids is 1. The van der Waals surface area contributed by atoms with Crippen molar-refractivity contribution in [1.82, 2.24) is 4.98 Å². The first kappa shape index (κ1) is 15.1. The van der Waals surface area contributed by atoms with E-state index in [-0.39, 0.29) is 0 Å². The molecule has 1 aromatic heterocycles. The number of rotatable bonds is 5. The van der Waals surface area contributed by atoms with E-state index in [0.29, 0.717) is 28.8 Å². The number of nitrogens with zero attached hydrogens (tertiary/aromatic N) is 1. The van der Waals surface area contributed by atoms with Crippen LogP contribution in [0.15, 0.2) is 36.5 Å². The molecule has 0 spiro atoms. The van der Waals surface area contributed by atoms with Crippen LogP contribution in [0.2, 0.25) is 5.15 Å². The first-order valence-electron chi connectivity index (χ1n) is 6.13. The van der Waals surface area contributed by atoms with Gasteiger partial charge in [-0.2, -0.15) is 0 Å². The van der Waals surface area contributed by atoms with E-state index in [9.17, 15) is 4.79 Å². The number of ether oxygens (including phenoxy) is 3. The molecular formula is C15H14ClNO4. The Morgan fingerprint density at radius 1 is 1.19 bits per heavy atom. The third kappa shape index (κ3) is 3.86. The van der Waals surface area contributed by atoms with E-state index >= 15 is 0 Å². The Hall–Kier alpha value is -2.27. The molecule has 0 fully saturated rings. The van der Waals surface area contributed by atoms with E-state index in [2.05, 4.69) is 9.72 Å². The number of esters is 1. The summed E-state index contributed by atoms with van der Waals surface area (Å²) < 4.78 is 15.5. The van der Waals surface area contributed by atoms with Crippen molar-refractivity contribution in [2.45, 2.75) is 6.61 Å². The van der Waals surface area contributed by atoms with Gasteiger partial charge >= 0.3 is 5.97 Å². The molecule has 5 nitrogen and oxygen atoms in total. The quantitative estimate of drug-likeness (QED) is 0.627. The van der Waals surface area contributed by atoms with E-state index < -0.39 is 5.97 Å². The molecule has 0 aliphatic carbocycles. The molecule has 1 heterocycles. The van der Waals surface area contributed by atoms with Crippen molar-refractivity contribution < 1.29 is 19.0 Å². The first-order chi connectivity index (χ1) is 10.1. The Kier molecular flexibility index (Phi) is 5.00. The summed E-state index contributed by atoms with van der Waals surface area (Å²) in [6.45, 7) is 0.318. The molecule has 0 unspecified atom stereocenters.